The van der Waals surface area contributed by atoms with E-state index in [1.54, 1.807) is 6.07 Å². The smallest absolute Gasteiger partial charge is 0.315 e. The molecule has 2 unspecified atom stereocenters. The number of hydrogen-bond acceptors (Lipinski definition) is 2. The van der Waals surface area contributed by atoms with Gasteiger partial charge in [0.25, 0.3) is 0 Å². The van der Waals surface area contributed by atoms with Gasteiger partial charge >= 0.3 is 6.03 Å². The summed E-state index contributed by atoms with van der Waals surface area (Å²) in [4.78, 5) is 11.9. The molecule has 2 N–H and O–H groups in total. The standard InChI is InChI=1S/C17H24BrClN2O2/c1-12-5-2-3-6-15(12)21-17(22)20-9-4-10-23-16-8-7-13(18)11-14(16)19/h7-8,11-12,15H,2-6,9-10H2,1H3,(H2,20,21,22). The first-order valence-electron chi connectivity index (χ1n) is 8.18. The third-order valence-corrected chi connectivity index (χ3v) is 4.97. The number of carbonyl (C=O) groups is 1. The van der Waals surface area contributed by atoms with Crippen LogP contribution in [0.2, 0.25) is 5.02 Å². The van der Waals surface area contributed by atoms with E-state index in [1.807, 2.05) is 12.1 Å². The van der Waals surface area contributed by atoms with Crippen molar-refractivity contribution in [1.82, 2.24) is 10.6 Å². The van der Waals surface area contributed by atoms with Crippen molar-refractivity contribution in [2.75, 3.05) is 13.2 Å². The largest absolute Gasteiger partial charge is 0.492 e. The third kappa shape index (κ3) is 6.22. The second kappa shape index (κ2) is 9.38. The molecule has 1 aliphatic rings. The molecule has 0 radical (unpaired) electrons. The van der Waals surface area contributed by atoms with Gasteiger partial charge in [0.15, 0.2) is 0 Å². The minimum absolute atomic E-state index is 0.0783. The molecule has 0 aromatic heterocycles. The molecule has 0 aliphatic heterocycles. The average Bonchev–Trinajstić information content (AvgIpc) is 2.51. The fourth-order valence-electron chi connectivity index (χ4n) is 2.80. The molecule has 6 heteroatoms. The number of benzene rings is 1. The molecular formula is C17H24BrClN2O2. The zero-order chi connectivity index (χ0) is 16.7. The zero-order valence-corrected chi connectivity index (χ0v) is 15.8. The van der Waals surface area contributed by atoms with Crippen LogP contribution >= 0.6 is 27.5 Å². The van der Waals surface area contributed by atoms with E-state index in [0.29, 0.717) is 35.9 Å². The number of urea groups is 1. The minimum atomic E-state index is -0.0783. The van der Waals surface area contributed by atoms with Crippen LogP contribution in [0.5, 0.6) is 5.75 Å². The van der Waals surface area contributed by atoms with Crippen molar-refractivity contribution in [2.24, 2.45) is 5.92 Å². The van der Waals surface area contributed by atoms with Crippen LogP contribution in [0.15, 0.2) is 22.7 Å². The summed E-state index contributed by atoms with van der Waals surface area (Å²) in [5.41, 5.74) is 0. The molecule has 0 heterocycles. The van der Waals surface area contributed by atoms with E-state index in [1.165, 1.54) is 19.3 Å². The van der Waals surface area contributed by atoms with Gasteiger partial charge < -0.3 is 15.4 Å². The number of carbonyl (C=O) groups excluding carboxylic acids is 1. The number of halogens is 2. The van der Waals surface area contributed by atoms with Crippen LogP contribution in [0.3, 0.4) is 0 Å². The highest BCUT2D eigenvalue weighted by Crippen LogP contribution is 2.27. The van der Waals surface area contributed by atoms with Gasteiger partial charge in [-0.25, -0.2) is 4.79 Å². The van der Waals surface area contributed by atoms with Gasteiger partial charge in [-0.05, 0) is 43.4 Å². The molecule has 1 aliphatic carbocycles. The van der Waals surface area contributed by atoms with E-state index in [-0.39, 0.29) is 6.03 Å². The molecule has 2 rings (SSSR count). The van der Waals surface area contributed by atoms with Crippen molar-refractivity contribution in [3.63, 3.8) is 0 Å². The molecule has 0 spiro atoms. The highest BCUT2D eigenvalue weighted by molar-refractivity contribution is 9.10. The van der Waals surface area contributed by atoms with E-state index in [2.05, 4.69) is 33.5 Å². The SMILES string of the molecule is CC1CCCCC1NC(=O)NCCCOc1ccc(Br)cc1Cl. The second-order valence-corrected chi connectivity index (χ2v) is 7.37. The van der Waals surface area contributed by atoms with Crippen molar-refractivity contribution in [3.8, 4) is 5.75 Å². The van der Waals surface area contributed by atoms with Gasteiger partial charge in [0, 0.05) is 17.1 Å². The van der Waals surface area contributed by atoms with Gasteiger partial charge in [0.1, 0.15) is 5.75 Å². The Morgan fingerprint density at radius 1 is 1.39 bits per heavy atom. The second-order valence-electron chi connectivity index (χ2n) is 6.05. The first-order valence-corrected chi connectivity index (χ1v) is 9.35. The van der Waals surface area contributed by atoms with Crippen LogP contribution in [0.25, 0.3) is 0 Å². The maximum absolute atomic E-state index is 11.9. The number of nitrogens with one attached hydrogen (secondary N) is 2. The van der Waals surface area contributed by atoms with Crippen LogP contribution in [-0.4, -0.2) is 25.2 Å². The summed E-state index contributed by atoms with van der Waals surface area (Å²) in [6, 6.07) is 5.75. The van der Waals surface area contributed by atoms with Crippen molar-refractivity contribution in [3.05, 3.63) is 27.7 Å². The summed E-state index contributed by atoms with van der Waals surface area (Å²) in [5, 5.41) is 6.55. The Hall–Kier alpha value is -0.940. The number of amides is 2. The number of rotatable bonds is 6. The van der Waals surface area contributed by atoms with E-state index >= 15 is 0 Å². The van der Waals surface area contributed by atoms with Crippen LogP contribution in [0, 0.1) is 5.92 Å². The van der Waals surface area contributed by atoms with Gasteiger partial charge in [-0.3, -0.25) is 0 Å². The summed E-state index contributed by atoms with van der Waals surface area (Å²) in [6.07, 6.45) is 5.50. The zero-order valence-electron chi connectivity index (χ0n) is 13.4. The topological polar surface area (TPSA) is 50.4 Å². The van der Waals surface area contributed by atoms with Crippen molar-refractivity contribution >= 4 is 33.6 Å². The molecule has 0 bridgehead atoms. The average molecular weight is 404 g/mol. The molecule has 2 atom stereocenters. The number of hydrogen-bond donors (Lipinski definition) is 2. The molecule has 0 saturated heterocycles. The Balaban J connectivity index is 1.60. The highest BCUT2D eigenvalue weighted by Gasteiger charge is 2.22. The predicted molar refractivity (Wildman–Crippen MR) is 97.2 cm³/mol. The molecule has 4 nitrogen and oxygen atoms in total. The lowest BCUT2D eigenvalue weighted by molar-refractivity contribution is 0.220. The van der Waals surface area contributed by atoms with E-state index in [4.69, 9.17) is 16.3 Å². The Labute approximate surface area is 151 Å². The Morgan fingerprint density at radius 3 is 2.91 bits per heavy atom. The summed E-state index contributed by atoms with van der Waals surface area (Å²) < 4.78 is 6.54. The molecule has 1 aromatic carbocycles. The van der Waals surface area contributed by atoms with Crippen molar-refractivity contribution < 1.29 is 9.53 Å². The molecule has 1 aromatic rings. The van der Waals surface area contributed by atoms with Crippen LogP contribution in [-0.2, 0) is 0 Å². The highest BCUT2D eigenvalue weighted by atomic mass is 79.9. The molecule has 1 fully saturated rings. The van der Waals surface area contributed by atoms with Gasteiger partial charge in [0.2, 0.25) is 0 Å². The van der Waals surface area contributed by atoms with Crippen molar-refractivity contribution in [2.45, 2.75) is 45.1 Å². The molecule has 23 heavy (non-hydrogen) atoms. The van der Waals surface area contributed by atoms with Crippen molar-refractivity contribution in [1.29, 1.82) is 0 Å². The summed E-state index contributed by atoms with van der Waals surface area (Å²) in [5.74, 6) is 1.23. The monoisotopic (exact) mass is 402 g/mol. The lowest BCUT2D eigenvalue weighted by Gasteiger charge is -2.29. The fourth-order valence-corrected chi connectivity index (χ4v) is 3.53. The van der Waals surface area contributed by atoms with Gasteiger partial charge in [-0.15, -0.1) is 0 Å². The summed E-state index contributed by atoms with van der Waals surface area (Å²) in [6.45, 7) is 3.31. The first kappa shape index (κ1) is 18.4. The minimum Gasteiger partial charge on any atom is -0.492 e. The molecule has 1 saturated carbocycles. The predicted octanol–water partition coefficient (Wildman–Crippen LogP) is 4.75. The van der Waals surface area contributed by atoms with Crippen LogP contribution < -0.4 is 15.4 Å². The normalized spacial score (nSPS) is 20.8. The molecular weight excluding hydrogens is 380 g/mol. The van der Waals surface area contributed by atoms with E-state index in [9.17, 15) is 4.79 Å². The van der Waals surface area contributed by atoms with E-state index in [0.717, 1.165) is 17.3 Å². The molecule has 128 valence electrons. The van der Waals surface area contributed by atoms with Crippen LogP contribution in [0.1, 0.15) is 39.0 Å². The van der Waals surface area contributed by atoms with Crippen LogP contribution in [0.4, 0.5) is 4.79 Å². The lowest BCUT2D eigenvalue weighted by Crippen LogP contribution is -2.46. The third-order valence-electron chi connectivity index (χ3n) is 4.19. The Morgan fingerprint density at radius 2 is 2.17 bits per heavy atom. The molecule has 2 amide bonds. The fraction of sp³-hybridized carbons (Fsp3) is 0.588. The quantitative estimate of drug-likeness (QED) is 0.673. The first-order chi connectivity index (χ1) is 11.1. The number of ether oxygens (including phenoxy) is 1. The Kier molecular flexibility index (Phi) is 7.50. The van der Waals surface area contributed by atoms with Gasteiger partial charge in [0.05, 0.1) is 11.6 Å². The lowest BCUT2D eigenvalue weighted by atomic mass is 9.86. The maximum atomic E-state index is 11.9. The summed E-state index contributed by atoms with van der Waals surface area (Å²) in [7, 11) is 0. The summed E-state index contributed by atoms with van der Waals surface area (Å²) >= 11 is 9.44. The maximum Gasteiger partial charge on any atom is 0.315 e. The van der Waals surface area contributed by atoms with Gasteiger partial charge in [-0.1, -0.05) is 47.3 Å². The van der Waals surface area contributed by atoms with Gasteiger partial charge in [-0.2, -0.15) is 0 Å². The Bertz CT molecular complexity index is 527. The van der Waals surface area contributed by atoms with E-state index < -0.39 is 0 Å².